The van der Waals surface area contributed by atoms with E-state index in [9.17, 15) is 4.79 Å². The lowest BCUT2D eigenvalue weighted by atomic mass is 10.3. The van der Waals surface area contributed by atoms with Gasteiger partial charge in [-0.15, -0.1) is 10.2 Å². The molecule has 0 amide bonds. The summed E-state index contributed by atoms with van der Waals surface area (Å²) < 4.78 is 10.4. The SMILES string of the molecule is CCOC(=O)c1nnc(Cl)cc1OC1CC1. The first-order valence-corrected chi connectivity index (χ1v) is 5.45. The third-order valence-corrected chi connectivity index (χ3v) is 2.20. The van der Waals surface area contributed by atoms with E-state index in [-0.39, 0.29) is 23.6 Å². The van der Waals surface area contributed by atoms with Crippen LogP contribution in [0, 0.1) is 0 Å². The van der Waals surface area contributed by atoms with Gasteiger partial charge in [-0.25, -0.2) is 4.79 Å². The van der Waals surface area contributed by atoms with Gasteiger partial charge in [-0.3, -0.25) is 0 Å². The molecular weight excluding hydrogens is 232 g/mol. The maximum atomic E-state index is 11.5. The van der Waals surface area contributed by atoms with Crippen molar-refractivity contribution in [3.63, 3.8) is 0 Å². The average Bonchev–Trinajstić information content (AvgIpc) is 3.02. The Labute approximate surface area is 97.7 Å². The van der Waals surface area contributed by atoms with E-state index in [0.29, 0.717) is 5.75 Å². The molecule has 1 aromatic heterocycles. The number of halogens is 1. The topological polar surface area (TPSA) is 61.3 Å². The fourth-order valence-corrected chi connectivity index (χ4v) is 1.29. The molecule has 2 rings (SSSR count). The van der Waals surface area contributed by atoms with Gasteiger partial charge in [0.15, 0.2) is 10.9 Å². The largest absolute Gasteiger partial charge is 0.488 e. The number of ether oxygens (including phenoxy) is 2. The highest BCUT2D eigenvalue weighted by Crippen LogP contribution is 2.29. The molecule has 1 aromatic rings. The highest BCUT2D eigenvalue weighted by Gasteiger charge is 2.27. The molecule has 6 heteroatoms. The van der Waals surface area contributed by atoms with Gasteiger partial charge in [-0.05, 0) is 19.8 Å². The van der Waals surface area contributed by atoms with Crippen molar-refractivity contribution < 1.29 is 14.3 Å². The second kappa shape index (κ2) is 4.65. The third-order valence-electron chi connectivity index (χ3n) is 2.02. The molecule has 1 aliphatic carbocycles. The van der Waals surface area contributed by atoms with Gasteiger partial charge >= 0.3 is 5.97 Å². The summed E-state index contributed by atoms with van der Waals surface area (Å²) in [4.78, 5) is 11.5. The molecule has 0 unspecified atom stereocenters. The Bertz CT molecular complexity index is 407. The number of aromatic nitrogens is 2. The van der Waals surface area contributed by atoms with Gasteiger partial charge in [-0.2, -0.15) is 0 Å². The summed E-state index contributed by atoms with van der Waals surface area (Å²) in [6.07, 6.45) is 2.14. The summed E-state index contributed by atoms with van der Waals surface area (Å²) in [7, 11) is 0. The number of hydrogen-bond acceptors (Lipinski definition) is 5. The molecule has 5 nitrogen and oxygen atoms in total. The number of carbonyl (C=O) groups is 1. The van der Waals surface area contributed by atoms with Crippen LogP contribution in [0.15, 0.2) is 6.07 Å². The monoisotopic (exact) mass is 242 g/mol. The third kappa shape index (κ3) is 2.61. The van der Waals surface area contributed by atoms with Crippen LogP contribution >= 0.6 is 11.6 Å². The van der Waals surface area contributed by atoms with Crippen LogP contribution in [-0.4, -0.2) is 28.9 Å². The zero-order valence-corrected chi connectivity index (χ0v) is 9.53. The lowest BCUT2D eigenvalue weighted by Gasteiger charge is -2.08. The van der Waals surface area contributed by atoms with E-state index in [4.69, 9.17) is 21.1 Å². The molecule has 1 fully saturated rings. The molecule has 0 N–H and O–H groups in total. The van der Waals surface area contributed by atoms with E-state index in [1.165, 1.54) is 6.07 Å². The van der Waals surface area contributed by atoms with Crippen LogP contribution in [0.25, 0.3) is 0 Å². The van der Waals surface area contributed by atoms with Crippen LogP contribution in [0.4, 0.5) is 0 Å². The summed E-state index contributed by atoms with van der Waals surface area (Å²) in [6.45, 7) is 2.01. The molecule has 86 valence electrons. The van der Waals surface area contributed by atoms with Crippen molar-refractivity contribution in [1.82, 2.24) is 10.2 Å². The lowest BCUT2D eigenvalue weighted by Crippen LogP contribution is -2.12. The van der Waals surface area contributed by atoms with Gasteiger partial charge in [0.05, 0.1) is 12.7 Å². The molecule has 0 radical (unpaired) electrons. The van der Waals surface area contributed by atoms with Gasteiger partial charge in [0.25, 0.3) is 0 Å². The Morgan fingerprint density at radius 2 is 2.31 bits per heavy atom. The van der Waals surface area contributed by atoms with Crippen molar-refractivity contribution in [2.45, 2.75) is 25.9 Å². The normalized spacial score (nSPS) is 14.6. The minimum atomic E-state index is -0.540. The average molecular weight is 243 g/mol. The standard InChI is InChI=1S/C10H11ClN2O3/c1-2-15-10(14)9-7(16-6-3-4-6)5-8(11)12-13-9/h5-6H,2-4H2,1H3. The van der Waals surface area contributed by atoms with Crippen LogP contribution in [0.3, 0.4) is 0 Å². The molecule has 1 aliphatic rings. The summed E-state index contributed by atoms with van der Waals surface area (Å²) in [6, 6.07) is 1.49. The smallest absolute Gasteiger partial charge is 0.362 e. The van der Waals surface area contributed by atoms with Crippen molar-refractivity contribution >= 4 is 17.6 Å². The molecule has 0 saturated heterocycles. The number of esters is 1. The van der Waals surface area contributed by atoms with E-state index in [0.717, 1.165) is 12.8 Å². The molecule has 16 heavy (non-hydrogen) atoms. The highest BCUT2D eigenvalue weighted by atomic mass is 35.5. The van der Waals surface area contributed by atoms with Crippen LogP contribution < -0.4 is 4.74 Å². The van der Waals surface area contributed by atoms with Crippen LogP contribution in [-0.2, 0) is 4.74 Å². The van der Waals surface area contributed by atoms with Crippen molar-refractivity contribution in [3.05, 3.63) is 16.9 Å². The predicted octanol–water partition coefficient (Wildman–Crippen LogP) is 1.85. The molecule has 0 spiro atoms. The molecule has 0 aliphatic heterocycles. The van der Waals surface area contributed by atoms with E-state index >= 15 is 0 Å². The predicted molar refractivity (Wildman–Crippen MR) is 56.6 cm³/mol. The highest BCUT2D eigenvalue weighted by molar-refractivity contribution is 6.29. The first kappa shape index (κ1) is 11.1. The van der Waals surface area contributed by atoms with Crippen molar-refractivity contribution in [1.29, 1.82) is 0 Å². The van der Waals surface area contributed by atoms with Gasteiger partial charge < -0.3 is 9.47 Å². The van der Waals surface area contributed by atoms with E-state index < -0.39 is 5.97 Å². The number of hydrogen-bond donors (Lipinski definition) is 0. The van der Waals surface area contributed by atoms with Gasteiger partial charge in [-0.1, -0.05) is 11.6 Å². The molecule has 0 atom stereocenters. The van der Waals surface area contributed by atoms with E-state index in [2.05, 4.69) is 10.2 Å². The second-order valence-corrected chi connectivity index (χ2v) is 3.80. The summed E-state index contributed by atoms with van der Waals surface area (Å²) >= 11 is 5.70. The first-order chi connectivity index (χ1) is 7.70. The van der Waals surface area contributed by atoms with Crippen molar-refractivity contribution in [2.75, 3.05) is 6.61 Å². The molecular formula is C10H11ClN2O3. The lowest BCUT2D eigenvalue weighted by molar-refractivity contribution is 0.0512. The number of nitrogens with zero attached hydrogens (tertiary/aromatic N) is 2. The summed E-state index contributed by atoms with van der Waals surface area (Å²) in [5.74, 6) is -0.191. The van der Waals surface area contributed by atoms with Crippen LogP contribution in [0.5, 0.6) is 5.75 Å². The minimum Gasteiger partial charge on any atom is -0.488 e. The van der Waals surface area contributed by atoms with Gasteiger partial charge in [0.2, 0.25) is 5.69 Å². The Hall–Kier alpha value is -1.36. The van der Waals surface area contributed by atoms with E-state index in [1.807, 2.05) is 0 Å². The molecule has 1 saturated carbocycles. The maximum Gasteiger partial charge on any atom is 0.362 e. The Morgan fingerprint density at radius 3 is 2.94 bits per heavy atom. The fourth-order valence-electron chi connectivity index (χ4n) is 1.15. The number of rotatable bonds is 4. The number of carbonyl (C=O) groups excluding carboxylic acids is 1. The van der Waals surface area contributed by atoms with Crippen molar-refractivity contribution in [3.8, 4) is 5.75 Å². The van der Waals surface area contributed by atoms with E-state index in [1.54, 1.807) is 6.92 Å². The quantitative estimate of drug-likeness (QED) is 0.754. The zero-order valence-electron chi connectivity index (χ0n) is 8.77. The van der Waals surface area contributed by atoms with Crippen LogP contribution in [0.1, 0.15) is 30.3 Å². The van der Waals surface area contributed by atoms with Gasteiger partial charge in [0, 0.05) is 6.07 Å². The molecule has 1 heterocycles. The molecule has 0 bridgehead atoms. The first-order valence-electron chi connectivity index (χ1n) is 5.07. The minimum absolute atomic E-state index is 0.0816. The molecule has 0 aromatic carbocycles. The Kier molecular flexibility index (Phi) is 3.24. The van der Waals surface area contributed by atoms with Crippen molar-refractivity contribution in [2.24, 2.45) is 0 Å². The zero-order chi connectivity index (χ0) is 11.5. The van der Waals surface area contributed by atoms with Gasteiger partial charge in [0.1, 0.15) is 0 Å². The Morgan fingerprint density at radius 1 is 1.56 bits per heavy atom. The Balaban J connectivity index is 2.23. The second-order valence-electron chi connectivity index (χ2n) is 3.42. The fraction of sp³-hybridized carbons (Fsp3) is 0.500. The van der Waals surface area contributed by atoms with Crippen LogP contribution in [0.2, 0.25) is 5.15 Å². The maximum absolute atomic E-state index is 11.5. The summed E-state index contributed by atoms with van der Waals surface area (Å²) in [5, 5.41) is 7.50. The summed E-state index contributed by atoms with van der Waals surface area (Å²) in [5.41, 5.74) is 0.0816.